The van der Waals surface area contributed by atoms with Gasteiger partial charge in [0.05, 0.1) is 6.61 Å². The predicted octanol–water partition coefficient (Wildman–Crippen LogP) is 3.62. The van der Waals surface area contributed by atoms with Crippen molar-refractivity contribution >= 4 is 15.9 Å². The normalized spacial score (nSPS) is 15.1. The molecule has 1 aliphatic rings. The zero-order valence-corrected chi connectivity index (χ0v) is 12.2. The van der Waals surface area contributed by atoms with E-state index in [1.54, 1.807) is 0 Å². The molecule has 3 rings (SSSR count). The van der Waals surface area contributed by atoms with Crippen molar-refractivity contribution in [3.8, 4) is 5.75 Å². The van der Waals surface area contributed by atoms with Crippen LogP contribution in [-0.4, -0.2) is 11.7 Å². The van der Waals surface area contributed by atoms with Crippen LogP contribution in [-0.2, 0) is 12.8 Å². The molecular formula is C15H15BrO3. The molecule has 0 fully saturated rings. The molecule has 0 radical (unpaired) electrons. The lowest BCUT2D eigenvalue weighted by Gasteiger charge is -2.13. The van der Waals surface area contributed by atoms with Crippen molar-refractivity contribution in [3.63, 3.8) is 0 Å². The van der Waals surface area contributed by atoms with Crippen molar-refractivity contribution in [1.29, 1.82) is 0 Å². The third-order valence-electron chi connectivity index (χ3n) is 3.37. The van der Waals surface area contributed by atoms with Crippen LogP contribution in [0.5, 0.6) is 5.75 Å². The lowest BCUT2D eigenvalue weighted by Crippen LogP contribution is -2.01. The maximum absolute atomic E-state index is 10.5. The molecule has 0 amide bonds. The summed E-state index contributed by atoms with van der Waals surface area (Å²) in [5.74, 6) is 2.24. The van der Waals surface area contributed by atoms with Crippen LogP contribution in [0.1, 0.15) is 35.7 Å². The molecule has 1 aromatic carbocycles. The summed E-state index contributed by atoms with van der Waals surface area (Å²) in [4.78, 5) is 0. The van der Waals surface area contributed by atoms with Crippen molar-refractivity contribution in [2.75, 3.05) is 6.61 Å². The van der Waals surface area contributed by atoms with E-state index in [4.69, 9.17) is 9.15 Å². The van der Waals surface area contributed by atoms with Gasteiger partial charge >= 0.3 is 0 Å². The van der Waals surface area contributed by atoms with E-state index in [1.807, 2.05) is 31.2 Å². The van der Waals surface area contributed by atoms with Gasteiger partial charge in [0.15, 0.2) is 0 Å². The highest BCUT2D eigenvalue weighted by Crippen LogP contribution is 2.38. The zero-order chi connectivity index (χ0) is 13.4. The number of benzene rings is 1. The number of hydrogen-bond acceptors (Lipinski definition) is 3. The second-order valence-electron chi connectivity index (χ2n) is 4.64. The first-order chi connectivity index (χ1) is 9.19. The maximum atomic E-state index is 10.5. The summed E-state index contributed by atoms with van der Waals surface area (Å²) < 4.78 is 12.2. The van der Waals surface area contributed by atoms with Crippen LogP contribution >= 0.6 is 15.9 Å². The largest absolute Gasteiger partial charge is 0.493 e. The summed E-state index contributed by atoms with van der Waals surface area (Å²) in [5, 5.41) is 10.5. The van der Waals surface area contributed by atoms with Gasteiger partial charge < -0.3 is 14.3 Å². The Balaban J connectivity index is 2.02. The third-order valence-corrected chi connectivity index (χ3v) is 3.83. The van der Waals surface area contributed by atoms with E-state index >= 15 is 0 Å². The van der Waals surface area contributed by atoms with Crippen molar-refractivity contribution in [3.05, 3.63) is 51.4 Å². The van der Waals surface area contributed by atoms with Crippen LogP contribution in [0.25, 0.3) is 0 Å². The fourth-order valence-electron chi connectivity index (χ4n) is 2.39. The Labute approximate surface area is 120 Å². The van der Waals surface area contributed by atoms with E-state index in [0.717, 1.165) is 40.0 Å². The number of furan rings is 1. The van der Waals surface area contributed by atoms with E-state index in [0.29, 0.717) is 12.4 Å². The van der Waals surface area contributed by atoms with Crippen LogP contribution in [0, 0.1) is 0 Å². The quantitative estimate of drug-likeness (QED) is 0.938. The number of hydrogen-bond donors (Lipinski definition) is 1. The van der Waals surface area contributed by atoms with E-state index in [1.165, 1.54) is 0 Å². The molecule has 1 atom stereocenters. The van der Waals surface area contributed by atoms with Gasteiger partial charge in [-0.3, -0.25) is 0 Å². The molecule has 1 aliphatic heterocycles. The third kappa shape index (κ3) is 2.30. The van der Waals surface area contributed by atoms with E-state index in [2.05, 4.69) is 15.9 Å². The monoisotopic (exact) mass is 322 g/mol. The molecule has 1 unspecified atom stereocenters. The minimum atomic E-state index is -0.787. The molecule has 1 N–H and O–H groups in total. The maximum Gasteiger partial charge on any atom is 0.140 e. The van der Waals surface area contributed by atoms with Gasteiger partial charge in [0.2, 0.25) is 0 Å². The van der Waals surface area contributed by atoms with Crippen LogP contribution in [0.15, 0.2) is 33.2 Å². The number of aryl methyl sites for hydroxylation is 1. The molecule has 0 saturated carbocycles. The van der Waals surface area contributed by atoms with Crippen molar-refractivity contribution in [2.45, 2.75) is 25.9 Å². The van der Waals surface area contributed by atoms with Gasteiger partial charge in [0.25, 0.3) is 0 Å². The summed E-state index contributed by atoms with van der Waals surface area (Å²) in [5.41, 5.74) is 1.89. The minimum Gasteiger partial charge on any atom is -0.493 e. The predicted molar refractivity (Wildman–Crippen MR) is 75.5 cm³/mol. The first-order valence-electron chi connectivity index (χ1n) is 6.41. The van der Waals surface area contributed by atoms with Gasteiger partial charge in [0.1, 0.15) is 23.4 Å². The zero-order valence-electron chi connectivity index (χ0n) is 10.6. The first-order valence-corrected chi connectivity index (χ1v) is 7.20. The highest BCUT2D eigenvalue weighted by molar-refractivity contribution is 9.10. The highest BCUT2D eigenvalue weighted by Gasteiger charge is 2.24. The molecule has 4 heteroatoms. The van der Waals surface area contributed by atoms with Crippen molar-refractivity contribution in [2.24, 2.45) is 0 Å². The molecule has 2 aromatic rings. The summed E-state index contributed by atoms with van der Waals surface area (Å²) >= 11 is 3.48. The van der Waals surface area contributed by atoms with Gasteiger partial charge in [-0.05, 0) is 29.8 Å². The smallest absolute Gasteiger partial charge is 0.140 e. The molecule has 0 saturated heterocycles. The summed E-state index contributed by atoms with van der Waals surface area (Å²) in [7, 11) is 0. The first kappa shape index (κ1) is 12.8. The molecule has 100 valence electrons. The van der Waals surface area contributed by atoms with Crippen LogP contribution < -0.4 is 4.74 Å². The van der Waals surface area contributed by atoms with Gasteiger partial charge in [-0.2, -0.15) is 0 Å². The lowest BCUT2D eigenvalue weighted by molar-refractivity contribution is 0.182. The van der Waals surface area contributed by atoms with Crippen LogP contribution in [0.2, 0.25) is 0 Å². The molecule has 0 spiro atoms. The molecule has 2 heterocycles. The molecule has 19 heavy (non-hydrogen) atoms. The average Bonchev–Trinajstić information content (AvgIpc) is 3.04. The topological polar surface area (TPSA) is 42.6 Å². The number of ether oxygens (including phenoxy) is 1. The summed E-state index contributed by atoms with van der Waals surface area (Å²) in [6.45, 7) is 2.69. The van der Waals surface area contributed by atoms with Gasteiger partial charge in [-0.15, -0.1) is 0 Å². The fraction of sp³-hybridized carbons (Fsp3) is 0.333. The average molecular weight is 323 g/mol. The van der Waals surface area contributed by atoms with Gasteiger partial charge in [-0.1, -0.05) is 22.9 Å². The number of fused-ring (bicyclic) bond motifs is 1. The van der Waals surface area contributed by atoms with Crippen LogP contribution in [0.4, 0.5) is 0 Å². The minimum absolute atomic E-state index is 0.563. The Bertz CT molecular complexity index is 603. The molecule has 3 nitrogen and oxygen atoms in total. The number of aliphatic hydroxyl groups excluding tert-OH is 1. The SMILES string of the molecule is CCc1ccc(C(O)c2cc(Br)cc3c2OCC3)o1. The van der Waals surface area contributed by atoms with Crippen molar-refractivity contribution < 1.29 is 14.3 Å². The van der Waals surface area contributed by atoms with E-state index < -0.39 is 6.10 Å². The Hall–Kier alpha value is -1.26. The van der Waals surface area contributed by atoms with Crippen molar-refractivity contribution in [1.82, 2.24) is 0 Å². The number of aliphatic hydroxyl groups is 1. The number of halogens is 1. The summed E-state index contributed by atoms with van der Waals surface area (Å²) in [6.07, 6.45) is 0.914. The Kier molecular flexibility index (Phi) is 3.37. The Morgan fingerprint density at radius 1 is 1.37 bits per heavy atom. The molecule has 0 bridgehead atoms. The summed E-state index contributed by atoms with van der Waals surface area (Å²) in [6, 6.07) is 7.66. The van der Waals surface area contributed by atoms with E-state index in [9.17, 15) is 5.11 Å². The van der Waals surface area contributed by atoms with Crippen LogP contribution in [0.3, 0.4) is 0 Å². The van der Waals surface area contributed by atoms with E-state index in [-0.39, 0.29) is 0 Å². The fourth-order valence-corrected chi connectivity index (χ4v) is 2.91. The molecular weight excluding hydrogens is 308 g/mol. The van der Waals surface area contributed by atoms with Gasteiger partial charge in [-0.25, -0.2) is 0 Å². The Morgan fingerprint density at radius 3 is 2.95 bits per heavy atom. The standard InChI is InChI=1S/C15H15BrO3/c1-2-11-3-4-13(19-11)14(17)12-8-10(16)7-9-5-6-18-15(9)12/h3-4,7-8,14,17H,2,5-6H2,1H3. The molecule has 1 aromatic heterocycles. The Morgan fingerprint density at radius 2 is 2.21 bits per heavy atom. The van der Waals surface area contributed by atoms with Gasteiger partial charge in [0, 0.05) is 22.9 Å². The molecule has 0 aliphatic carbocycles. The second-order valence-corrected chi connectivity index (χ2v) is 5.56. The highest BCUT2D eigenvalue weighted by atomic mass is 79.9. The second kappa shape index (κ2) is 5.02. The lowest BCUT2D eigenvalue weighted by atomic mass is 10.0. The number of rotatable bonds is 3.